The third kappa shape index (κ3) is 5.63. The number of rotatable bonds is 8. The molecule has 0 unspecified atom stereocenters. The standard InChI is InChI=1S/C24H20Cl2N4O2S/c1-2-31-22-13-16(9-11-21(22)32-15-17-8-10-19(25)20(26)12-17)14-27-30-23(28-29-24(30)33)18-6-4-3-5-7-18/h3-14H,2,15H2,1H3,(H,29,33)/b27-14-. The first-order valence-electron chi connectivity index (χ1n) is 10.2. The molecule has 0 atom stereocenters. The van der Waals surface area contributed by atoms with E-state index in [1.165, 1.54) is 0 Å². The Morgan fingerprint density at radius 2 is 1.82 bits per heavy atom. The van der Waals surface area contributed by atoms with Gasteiger partial charge in [0.15, 0.2) is 17.3 Å². The molecule has 0 amide bonds. The van der Waals surface area contributed by atoms with Gasteiger partial charge in [0.25, 0.3) is 0 Å². The molecule has 0 bridgehead atoms. The van der Waals surface area contributed by atoms with Crippen molar-refractivity contribution in [2.45, 2.75) is 13.5 Å². The second-order valence-corrected chi connectivity index (χ2v) is 8.15. The normalized spacial score (nSPS) is 11.1. The molecule has 0 aliphatic carbocycles. The minimum Gasteiger partial charge on any atom is -0.490 e. The van der Waals surface area contributed by atoms with Gasteiger partial charge >= 0.3 is 0 Å². The lowest BCUT2D eigenvalue weighted by Gasteiger charge is -2.13. The van der Waals surface area contributed by atoms with Crippen molar-refractivity contribution in [3.8, 4) is 22.9 Å². The average molecular weight is 499 g/mol. The van der Waals surface area contributed by atoms with Crippen molar-refractivity contribution in [3.05, 3.63) is 92.7 Å². The molecule has 168 valence electrons. The zero-order chi connectivity index (χ0) is 23.2. The Bertz CT molecular complexity index is 1340. The lowest BCUT2D eigenvalue weighted by Crippen LogP contribution is -2.01. The molecule has 0 aliphatic heterocycles. The molecule has 6 nitrogen and oxygen atoms in total. The molecule has 33 heavy (non-hydrogen) atoms. The van der Waals surface area contributed by atoms with Gasteiger partial charge in [0.1, 0.15) is 6.61 Å². The van der Waals surface area contributed by atoms with E-state index in [9.17, 15) is 0 Å². The summed E-state index contributed by atoms with van der Waals surface area (Å²) in [7, 11) is 0. The van der Waals surface area contributed by atoms with Gasteiger partial charge in [0.05, 0.1) is 22.9 Å². The summed E-state index contributed by atoms with van der Waals surface area (Å²) in [5.41, 5.74) is 2.63. The quantitative estimate of drug-likeness (QED) is 0.215. The van der Waals surface area contributed by atoms with Crippen LogP contribution in [-0.4, -0.2) is 27.7 Å². The zero-order valence-corrected chi connectivity index (χ0v) is 20.0. The van der Waals surface area contributed by atoms with Crippen LogP contribution in [0.3, 0.4) is 0 Å². The first-order chi connectivity index (χ1) is 16.0. The molecule has 4 rings (SSSR count). The number of hydrogen-bond donors (Lipinski definition) is 1. The minimum atomic E-state index is 0.328. The first-order valence-corrected chi connectivity index (χ1v) is 11.3. The minimum absolute atomic E-state index is 0.328. The number of ether oxygens (including phenoxy) is 2. The fraction of sp³-hybridized carbons (Fsp3) is 0.125. The van der Waals surface area contributed by atoms with Crippen molar-refractivity contribution in [3.63, 3.8) is 0 Å². The molecule has 0 radical (unpaired) electrons. The molecule has 3 aromatic carbocycles. The Morgan fingerprint density at radius 3 is 2.58 bits per heavy atom. The summed E-state index contributed by atoms with van der Waals surface area (Å²) in [6.07, 6.45) is 1.70. The highest BCUT2D eigenvalue weighted by atomic mass is 35.5. The predicted molar refractivity (Wildman–Crippen MR) is 134 cm³/mol. The number of nitrogens with zero attached hydrogens (tertiary/aromatic N) is 3. The second-order valence-electron chi connectivity index (χ2n) is 6.95. The number of aromatic amines is 1. The molecule has 0 saturated carbocycles. The summed E-state index contributed by atoms with van der Waals surface area (Å²) in [5, 5.41) is 12.6. The van der Waals surface area contributed by atoms with Gasteiger partial charge in [-0.1, -0.05) is 59.6 Å². The summed E-state index contributed by atoms with van der Waals surface area (Å²) < 4.78 is 13.7. The molecule has 9 heteroatoms. The van der Waals surface area contributed by atoms with Crippen molar-refractivity contribution in [2.24, 2.45) is 5.10 Å². The van der Waals surface area contributed by atoms with Gasteiger partial charge in [-0.25, -0.2) is 5.10 Å². The number of hydrogen-bond acceptors (Lipinski definition) is 5. The van der Waals surface area contributed by atoms with Crippen LogP contribution in [-0.2, 0) is 6.61 Å². The highest BCUT2D eigenvalue weighted by Crippen LogP contribution is 2.30. The number of nitrogens with one attached hydrogen (secondary N) is 1. The van der Waals surface area contributed by atoms with Crippen molar-refractivity contribution in [1.29, 1.82) is 0 Å². The van der Waals surface area contributed by atoms with Crippen molar-refractivity contribution in [2.75, 3.05) is 6.61 Å². The molecule has 1 heterocycles. The van der Waals surface area contributed by atoms with E-state index >= 15 is 0 Å². The molecule has 1 N–H and O–H groups in total. The van der Waals surface area contributed by atoms with Crippen molar-refractivity contribution in [1.82, 2.24) is 14.9 Å². The van der Waals surface area contributed by atoms with Crippen LogP contribution in [0.1, 0.15) is 18.1 Å². The maximum Gasteiger partial charge on any atom is 0.216 e. The van der Waals surface area contributed by atoms with E-state index < -0.39 is 0 Å². The van der Waals surface area contributed by atoms with Crippen LogP contribution >= 0.6 is 35.4 Å². The maximum atomic E-state index is 6.09. The van der Waals surface area contributed by atoms with Gasteiger partial charge in [0.2, 0.25) is 4.77 Å². The molecule has 0 saturated heterocycles. The van der Waals surface area contributed by atoms with Crippen LogP contribution in [0.15, 0.2) is 71.8 Å². The summed E-state index contributed by atoms with van der Waals surface area (Å²) in [5.74, 6) is 1.86. The zero-order valence-electron chi connectivity index (χ0n) is 17.7. The van der Waals surface area contributed by atoms with Gasteiger partial charge in [-0.2, -0.15) is 14.9 Å². The molecule has 0 aliphatic rings. The van der Waals surface area contributed by atoms with Crippen LogP contribution in [0.5, 0.6) is 11.5 Å². The number of aromatic nitrogens is 3. The van der Waals surface area contributed by atoms with E-state index in [0.717, 1.165) is 16.7 Å². The van der Waals surface area contributed by atoms with Gasteiger partial charge in [-0.3, -0.25) is 0 Å². The van der Waals surface area contributed by atoms with Gasteiger partial charge in [0, 0.05) is 5.56 Å². The third-order valence-electron chi connectivity index (χ3n) is 4.65. The lowest BCUT2D eigenvalue weighted by molar-refractivity contribution is 0.269. The fourth-order valence-electron chi connectivity index (χ4n) is 3.08. The maximum absolute atomic E-state index is 6.09. The predicted octanol–water partition coefficient (Wildman–Crippen LogP) is 6.77. The van der Waals surface area contributed by atoms with E-state index in [2.05, 4.69) is 15.3 Å². The second kappa shape index (κ2) is 10.7. The van der Waals surface area contributed by atoms with Crippen LogP contribution < -0.4 is 9.47 Å². The van der Waals surface area contributed by atoms with E-state index in [-0.39, 0.29) is 0 Å². The molecular formula is C24H20Cl2N4O2S. The number of H-pyrrole nitrogens is 1. The summed E-state index contributed by atoms with van der Waals surface area (Å²) in [6, 6.07) is 20.7. The van der Waals surface area contributed by atoms with Crippen molar-refractivity contribution < 1.29 is 9.47 Å². The molecular weight excluding hydrogens is 479 g/mol. The Hall–Kier alpha value is -3.13. The van der Waals surface area contributed by atoms with Crippen LogP contribution in [0.2, 0.25) is 10.0 Å². The average Bonchev–Trinajstić information content (AvgIpc) is 3.20. The topological polar surface area (TPSA) is 64.4 Å². The van der Waals surface area contributed by atoms with Crippen LogP contribution in [0.4, 0.5) is 0 Å². The van der Waals surface area contributed by atoms with Crippen LogP contribution in [0, 0.1) is 4.77 Å². The Morgan fingerprint density at radius 1 is 1.00 bits per heavy atom. The van der Waals surface area contributed by atoms with E-state index in [0.29, 0.717) is 45.4 Å². The first kappa shape index (κ1) is 23.0. The molecule has 0 spiro atoms. The van der Waals surface area contributed by atoms with E-state index in [4.69, 9.17) is 44.9 Å². The number of benzene rings is 3. The van der Waals surface area contributed by atoms with Crippen LogP contribution in [0.25, 0.3) is 11.4 Å². The number of halogens is 2. The highest BCUT2D eigenvalue weighted by Gasteiger charge is 2.09. The molecule has 1 aromatic heterocycles. The Labute approximate surface area is 206 Å². The van der Waals surface area contributed by atoms with E-state index in [1.807, 2.05) is 61.5 Å². The SMILES string of the molecule is CCOc1cc(/C=N\n2c(-c3ccccc3)n[nH]c2=S)ccc1OCc1ccc(Cl)c(Cl)c1. The fourth-order valence-corrected chi connectivity index (χ4v) is 3.58. The third-order valence-corrected chi connectivity index (χ3v) is 5.65. The Kier molecular flexibility index (Phi) is 7.44. The molecule has 0 fully saturated rings. The summed E-state index contributed by atoms with van der Waals surface area (Å²) >= 11 is 17.4. The molecule has 4 aromatic rings. The van der Waals surface area contributed by atoms with Gasteiger partial charge in [-0.15, -0.1) is 0 Å². The largest absolute Gasteiger partial charge is 0.490 e. The smallest absolute Gasteiger partial charge is 0.216 e. The summed E-state index contributed by atoms with van der Waals surface area (Å²) in [4.78, 5) is 0. The monoisotopic (exact) mass is 498 g/mol. The van der Waals surface area contributed by atoms with E-state index in [1.54, 1.807) is 23.0 Å². The van der Waals surface area contributed by atoms with Gasteiger partial charge in [-0.05, 0) is 60.6 Å². The highest BCUT2D eigenvalue weighted by molar-refractivity contribution is 7.71. The Balaban J connectivity index is 1.55. The van der Waals surface area contributed by atoms with Crippen molar-refractivity contribution >= 4 is 41.6 Å². The lowest BCUT2D eigenvalue weighted by atomic mass is 10.2. The van der Waals surface area contributed by atoms with Gasteiger partial charge < -0.3 is 9.47 Å². The summed E-state index contributed by atoms with van der Waals surface area (Å²) in [6.45, 7) is 2.74.